The lowest BCUT2D eigenvalue weighted by Gasteiger charge is -2.04. The van der Waals surface area contributed by atoms with Crippen LogP contribution in [0.5, 0.6) is 0 Å². The Bertz CT molecular complexity index is 380. The molecule has 0 fully saturated rings. The summed E-state index contributed by atoms with van der Waals surface area (Å²) in [7, 11) is 0. The van der Waals surface area contributed by atoms with Gasteiger partial charge in [-0.1, -0.05) is 0 Å². The van der Waals surface area contributed by atoms with E-state index in [-0.39, 0.29) is 0 Å². The molecular weight excluding hydrogens is 225 g/mol. The maximum atomic E-state index is 12.1. The number of nitrogens with zero attached hydrogens (tertiary/aromatic N) is 2. The van der Waals surface area contributed by atoms with Gasteiger partial charge in [-0.15, -0.1) is 0 Å². The van der Waals surface area contributed by atoms with Gasteiger partial charge in [-0.3, -0.25) is 0 Å². The number of hydrogen-bond acceptors (Lipinski definition) is 3. The number of alkyl halides is 3. The maximum absolute atomic E-state index is 12.1. The van der Waals surface area contributed by atoms with Gasteiger partial charge in [-0.2, -0.15) is 13.2 Å². The lowest BCUT2D eigenvalue weighted by atomic mass is 10.3. The Morgan fingerprint density at radius 1 is 1.43 bits per heavy atom. The lowest BCUT2D eigenvalue weighted by molar-refractivity contribution is -0.389. The molecule has 1 aromatic heterocycles. The average Bonchev–Trinajstić information content (AvgIpc) is 2.01. The summed E-state index contributed by atoms with van der Waals surface area (Å²) in [6.07, 6.45) is -4.65. The second kappa shape index (κ2) is 3.41. The van der Waals surface area contributed by atoms with Crippen LogP contribution in [0.1, 0.15) is 5.56 Å². The zero-order valence-corrected chi connectivity index (χ0v) is 7.13. The number of halogens is 4. The molecule has 0 aliphatic carbocycles. The van der Waals surface area contributed by atoms with Crippen molar-refractivity contribution in [1.82, 2.24) is 4.98 Å². The fourth-order valence-electron chi connectivity index (χ4n) is 0.738. The molecule has 0 aromatic carbocycles. The molecule has 1 rings (SSSR count). The highest BCUT2D eigenvalue weighted by Crippen LogP contribution is 2.34. The Labute approximate surface area is 80.5 Å². The van der Waals surface area contributed by atoms with Gasteiger partial charge in [-0.25, -0.2) is 0 Å². The van der Waals surface area contributed by atoms with Crippen LogP contribution in [0.4, 0.5) is 19.0 Å². The fourth-order valence-corrected chi connectivity index (χ4v) is 0.995. The third kappa shape index (κ3) is 2.11. The van der Waals surface area contributed by atoms with Crippen molar-refractivity contribution in [3.63, 3.8) is 0 Å². The van der Waals surface area contributed by atoms with E-state index in [4.69, 9.17) is 11.6 Å². The smallest absolute Gasteiger partial charge is 0.358 e. The molecule has 0 bridgehead atoms. The summed E-state index contributed by atoms with van der Waals surface area (Å²) in [5, 5.41) is 9.19. The molecule has 4 nitrogen and oxygen atoms in total. The number of nitro groups is 1. The predicted octanol–water partition coefficient (Wildman–Crippen LogP) is 2.66. The predicted molar refractivity (Wildman–Crippen MR) is 40.9 cm³/mol. The third-order valence-electron chi connectivity index (χ3n) is 1.33. The van der Waals surface area contributed by atoms with Crippen molar-refractivity contribution in [1.29, 1.82) is 0 Å². The zero-order chi connectivity index (χ0) is 10.9. The van der Waals surface area contributed by atoms with E-state index in [1.54, 1.807) is 0 Å². The van der Waals surface area contributed by atoms with E-state index in [2.05, 4.69) is 4.98 Å². The largest absolute Gasteiger partial charge is 0.421 e. The summed E-state index contributed by atoms with van der Waals surface area (Å²) in [5.74, 6) is -0.719. The fraction of sp³-hybridized carbons (Fsp3) is 0.167. The SMILES string of the molecule is O=[N+]([O-])c1ccc(C(F)(F)F)c(Cl)n1. The summed E-state index contributed by atoms with van der Waals surface area (Å²) >= 11 is 5.12. The van der Waals surface area contributed by atoms with Gasteiger partial charge in [-0.05, 0) is 27.6 Å². The van der Waals surface area contributed by atoms with Crippen molar-refractivity contribution in [3.8, 4) is 0 Å². The van der Waals surface area contributed by atoms with Crippen molar-refractivity contribution < 1.29 is 18.1 Å². The Balaban J connectivity index is 3.21. The summed E-state index contributed by atoms with van der Waals surface area (Å²) in [4.78, 5) is 12.2. The second-order valence-corrected chi connectivity index (χ2v) is 2.62. The summed E-state index contributed by atoms with van der Waals surface area (Å²) in [6, 6.07) is 1.17. The first-order valence-corrected chi connectivity index (χ1v) is 3.58. The highest BCUT2D eigenvalue weighted by Gasteiger charge is 2.36. The molecule has 0 spiro atoms. The third-order valence-corrected chi connectivity index (χ3v) is 1.61. The van der Waals surface area contributed by atoms with E-state index in [0.29, 0.717) is 12.1 Å². The van der Waals surface area contributed by atoms with E-state index < -0.39 is 27.6 Å². The summed E-state index contributed by atoms with van der Waals surface area (Å²) in [5.41, 5.74) is -1.19. The number of hydrogen-bond donors (Lipinski definition) is 0. The van der Waals surface area contributed by atoms with Crippen molar-refractivity contribution >= 4 is 17.4 Å². The molecule has 0 atom stereocenters. The van der Waals surface area contributed by atoms with Crippen molar-refractivity contribution in [2.24, 2.45) is 0 Å². The van der Waals surface area contributed by atoms with E-state index in [9.17, 15) is 23.3 Å². The minimum absolute atomic E-state index is 0.521. The van der Waals surface area contributed by atoms with Crippen LogP contribution >= 0.6 is 11.6 Å². The van der Waals surface area contributed by atoms with Crippen LogP contribution in [0.3, 0.4) is 0 Å². The molecule has 0 saturated carbocycles. The summed E-state index contributed by atoms with van der Waals surface area (Å²) in [6.45, 7) is 0. The monoisotopic (exact) mass is 226 g/mol. The quantitative estimate of drug-likeness (QED) is 0.420. The van der Waals surface area contributed by atoms with Crippen LogP contribution in [0.2, 0.25) is 5.15 Å². The minimum Gasteiger partial charge on any atom is -0.358 e. The summed E-state index contributed by atoms with van der Waals surface area (Å²) < 4.78 is 36.3. The Morgan fingerprint density at radius 2 is 2.00 bits per heavy atom. The molecule has 0 N–H and O–H groups in total. The van der Waals surface area contributed by atoms with Gasteiger partial charge >= 0.3 is 12.0 Å². The molecule has 1 aromatic rings. The van der Waals surface area contributed by atoms with Crippen LogP contribution in [0, 0.1) is 10.1 Å². The number of aromatic nitrogens is 1. The molecule has 8 heteroatoms. The molecule has 14 heavy (non-hydrogen) atoms. The highest BCUT2D eigenvalue weighted by molar-refractivity contribution is 6.30. The van der Waals surface area contributed by atoms with E-state index >= 15 is 0 Å². The van der Waals surface area contributed by atoms with E-state index in [0.717, 1.165) is 0 Å². The standard InChI is InChI=1S/C6H2ClF3N2O2/c7-5-3(6(8,9)10)1-2-4(11-5)12(13)14/h1-2H. The molecule has 0 aliphatic rings. The van der Waals surface area contributed by atoms with Crippen LogP contribution < -0.4 is 0 Å². The zero-order valence-electron chi connectivity index (χ0n) is 6.38. The molecule has 76 valence electrons. The molecule has 0 aliphatic heterocycles. The highest BCUT2D eigenvalue weighted by atomic mass is 35.5. The average molecular weight is 227 g/mol. The van der Waals surface area contributed by atoms with Crippen molar-refractivity contribution in [2.75, 3.05) is 0 Å². The molecule has 0 radical (unpaired) electrons. The van der Waals surface area contributed by atoms with Gasteiger partial charge in [0.25, 0.3) is 5.15 Å². The topological polar surface area (TPSA) is 56.0 Å². The van der Waals surface area contributed by atoms with Gasteiger partial charge < -0.3 is 10.1 Å². The van der Waals surface area contributed by atoms with Gasteiger partial charge in [0.15, 0.2) is 0 Å². The van der Waals surface area contributed by atoms with Crippen LogP contribution in [0.15, 0.2) is 12.1 Å². The lowest BCUT2D eigenvalue weighted by Crippen LogP contribution is -2.07. The van der Waals surface area contributed by atoms with Crippen molar-refractivity contribution in [3.05, 3.63) is 33.0 Å². The minimum atomic E-state index is -4.65. The molecular formula is C6H2ClF3N2O2. The van der Waals surface area contributed by atoms with Crippen LogP contribution in [-0.4, -0.2) is 9.91 Å². The number of pyridine rings is 1. The molecule has 0 saturated heterocycles. The van der Waals surface area contributed by atoms with E-state index in [1.807, 2.05) is 0 Å². The Hall–Kier alpha value is -1.37. The van der Waals surface area contributed by atoms with Crippen LogP contribution in [0.25, 0.3) is 0 Å². The number of rotatable bonds is 1. The molecule has 0 unspecified atom stereocenters. The van der Waals surface area contributed by atoms with Gasteiger partial charge in [0.05, 0.1) is 0 Å². The Kier molecular flexibility index (Phi) is 2.61. The first-order chi connectivity index (χ1) is 6.32. The molecule has 1 heterocycles. The maximum Gasteiger partial charge on any atom is 0.421 e. The van der Waals surface area contributed by atoms with Crippen molar-refractivity contribution in [2.45, 2.75) is 6.18 Å². The normalized spacial score (nSPS) is 11.4. The van der Waals surface area contributed by atoms with E-state index in [1.165, 1.54) is 0 Å². The second-order valence-electron chi connectivity index (χ2n) is 2.26. The Morgan fingerprint density at radius 3 is 2.36 bits per heavy atom. The van der Waals surface area contributed by atoms with Gasteiger partial charge in [0.1, 0.15) is 5.56 Å². The molecule has 0 amide bonds. The first-order valence-electron chi connectivity index (χ1n) is 3.20. The van der Waals surface area contributed by atoms with Gasteiger partial charge in [0.2, 0.25) is 0 Å². The van der Waals surface area contributed by atoms with Gasteiger partial charge in [0, 0.05) is 6.07 Å². The van der Waals surface area contributed by atoms with Crippen LogP contribution in [-0.2, 0) is 6.18 Å². The first kappa shape index (κ1) is 10.7.